The molecule has 6 heteroatoms. The first-order valence-corrected chi connectivity index (χ1v) is 8.43. The van der Waals surface area contributed by atoms with Gasteiger partial charge in [0.1, 0.15) is 5.82 Å². The van der Waals surface area contributed by atoms with Crippen LogP contribution in [0, 0.1) is 11.2 Å². The third-order valence-electron chi connectivity index (χ3n) is 5.22. The topological polar surface area (TPSA) is 56.1 Å². The molecule has 1 fully saturated rings. The van der Waals surface area contributed by atoms with Gasteiger partial charge in [0, 0.05) is 12.0 Å². The van der Waals surface area contributed by atoms with Crippen molar-refractivity contribution in [2.75, 3.05) is 20.2 Å². The van der Waals surface area contributed by atoms with Crippen molar-refractivity contribution in [3.05, 3.63) is 53.1 Å². The van der Waals surface area contributed by atoms with Gasteiger partial charge < -0.3 is 10.1 Å². The van der Waals surface area contributed by atoms with E-state index in [1.165, 1.54) is 24.8 Å². The molecule has 2 aromatic rings. The number of hydrogen-bond donors (Lipinski definition) is 1. The van der Waals surface area contributed by atoms with Gasteiger partial charge in [-0.3, -0.25) is 4.79 Å². The van der Waals surface area contributed by atoms with Gasteiger partial charge in [0.25, 0.3) is 0 Å². The summed E-state index contributed by atoms with van der Waals surface area (Å²) in [5.41, 5.74) is 3.96. The highest BCUT2D eigenvalue weighted by molar-refractivity contribution is 5.73. The number of fused-ring (bicyclic) bond motifs is 2. The van der Waals surface area contributed by atoms with Crippen LogP contribution in [0.3, 0.4) is 0 Å². The molecule has 4 rings (SSSR count). The van der Waals surface area contributed by atoms with Crippen molar-refractivity contribution >= 4 is 12.0 Å². The number of piperidine rings is 1. The van der Waals surface area contributed by atoms with Gasteiger partial charge in [0.15, 0.2) is 0 Å². The Morgan fingerprint density at radius 3 is 2.96 bits per heavy atom. The Bertz CT molecular complexity index is 841. The second-order valence-electron chi connectivity index (χ2n) is 6.75. The zero-order chi connectivity index (χ0) is 17.4. The summed E-state index contributed by atoms with van der Waals surface area (Å²) in [5.74, 6) is -0.456. The van der Waals surface area contributed by atoms with Crippen molar-refractivity contribution in [2.45, 2.75) is 19.3 Å². The molecule has 0 radical (unpaired) electrons. The van der Waals surface area contributed by atoms with Gasteiger partial charge in [-0.1, -0.05) is 5.57 Å². The average Bonchev–Trinajstić information content (AvgIpc) is 3.02. The summed E-state index contributed by atoms with van der Waals surface area (Å²) < 4.78 is 20.0. The molecular weight excluding hydrogens is 321 g/mol. The lowest BCUT2D eigenvalue weighted by atomic mass is 9.67. The summed E-state index contributed by atoms with van der Waals surface area (Å²) in [6.07, 6.45) is 6.00. The second kappa shape index (κ2) is 6.11. The second-order valence-corrected chi connectivity index (χ2v) is 6.75. The van der Waals surface area contributed by atoms with Crippen molar-refractivity contribution in [1.82, 2.24) is 15.1 Å². The van der Waals surface area contributed by atoms with E-state index in [0.29, 0.717) is 6.42 Å². The fourth-order valence-corrected chi connectivity index (χ4v) is 3.92. The molecule has 2 aliphatic rings. The Morgan fingerprint density at radius 1 is 1.40 bits per heavy atom. The van der Waals surface area contributed by atoms with E-state index >= 15 is 0 Å². The van der Waals surface area contributed by atoms with E-state index in [4.69, 9.17) is 4.74 Å². The molecule has 5 nitrogen and oxygen atoms in total. The van der Waals surface area contributed by atoms with Gasteiger partial charge in [0.05, 0.1) is 31.1 Å². The highest BCUT2D eigenvalue weighted by Crippen LogP contribution is 2.44. The minimum Gasteiger partial charge on any atom is -0.469 e. The first-order valence-electron chi connectivity index (χ1n) is 8.43. The minimum absolute atomic E-state index is 0.191. The molecule has 1 atom stereocenters. The summed E-state index contributed by atoms with van der Waals surface area (Å²) in [6, 6.07) is 6.32. The van der Waals surface area contributed by atoms with Crippen LogP contribution in [0.2, 0.25) is 0 Å². The number of rotatable bonds is 3. The third kappa shape index (κ3) is 2.76. The van der Waals surface area contributed by atoms with E-state index in [0.717, 1.165) is 42.9 Å². The molecule has 1 saturated heterocycles. The summed E-state index contributed by atoms with van der Waals surface area (Å²) in [7, 11) is 1.43. The maximum atomic E-state index is 13.2. The van der Waals surface area contributed by atoms with Crippen molar-refractivity contribution < 1.29 is 13.9 Å². The molecular formula is C19H20FN3O2. The van der Waals surface area contributed by atoms with Crippen molar-refractivity contribution in [2.24, 2.45) is 5.41 Å². The number of carbonyl (C=O) groups is 1. The van der Waals surface area contributed by atoms with Crippen LogP contribution < -0.4 is 5.32 Å². The molecule has 1 N–H and O–H groups in total. The number of aromatic nitrogens is 2. The van der Waals surface area contributed by atoms with Gasteiger partial charge in [-0.05, 0) is 55.3 Å². The SMILES string of the molecule is COC(=O)CC12CNCCC1=Cc1c(cnn1-c1ccc(F)cc1)C2. The molecule has 1 unspecified atom stereocenters. The molecule has 130 valence electrons. The first-order chi connectivity index (χ1) is 12.1. The van der Waals surface area contributed by atoms with Crippen LogP contribution >= 0.6 is 0 Å². The quantitative estimate of drug-likeness (QED) is 0.872. The summed E-state index contributed by atoms with van der Waals surface area (Å²) in [4.78, 5) is 12.0. The standard InChI is InChI=1S/C19H20FN3O2/c1-25-18(24)10-19-9-13-11-22-23(16-4-2-15(20)3-5-16)17(13)8-14(19)6-7-21-12-19/h2-5,8,11,21H,6-7,9-10,12H2,1H3. The summed E-state index contributed by atoms with van der Waals surface area (Å²) >= 11 is 0. The van der Waals surface area contributed by atoms with Crippen LogP contribution in [-0.4, -0.2) is 35.9 Å². The smallest absolute Gasteiger partial charge is 0.306 e. The fourth-order valence-electron chi connectivity index (χ4n) is 3.92. The Kier molecular flexibility index (Phi) is 3.92. The van der Waals surface area contributed by atoms with Gasteiger partial charge in [-0.2, -0.15) is 5.10 Å². The largest absolute Gasteiger partial charge is 0.469 e. The Morgan fingerprint density at radius 2 is 2.20 bits per heavy atom. The molecule has 1 aliphatic carbocycles. The fraction of sp³-hybridized carbons (Fsp3) is 0.368. The predicted octanol–water partition coefficient (Wildman–Crippen LogP) is 2.49. The monoisotopic (exact) mass is 341 g/mol. The number of benzene rings is 1. The van der Waals surface area contributed by atoms with Gasteiger partial charge in [-0.25, -0.2) is 9.07 Å². The van der Waals surface area contributed by atoms with Crippen LogP contribution in [-0.2, 0) is 16.0 Å². The van der Waals surface area contributed by atoms with Crippen LogP contribution in [0.5, 0.6) is 0 Å². The molecule has 1 aromatic carbocycles. The summed E-state index contributed by atoms with van der Waals surface area (Å²) in [5, 5.41) is 7.91. The van der Waals surface area contributed by atoms with E-state index in [1.54, 1.807) is 12.1 Å². The van der Waals surface area contributed by atoms with Crippen molar-refractivity contribution in [3.8, 4) is 5.69 Å². The molecule has 0 amide bonds. The zero-order valence-corrected chi connectivity index (χ0v) is 14.1. The van der Waals surface area contributed by atoms with E-state index in [9.17, 15) is 9.18 Å². The number of ether oxygens (including phenoxy) is 1. The van der Waals surface area contributed by atoms with Crippen LogP contribution in [0.1, 0.15) is 24.1 Å². The minimum atomic E-state index is -0.265. The van der Waals surface area contributed by atoms with Crippen LogP contribution in [0.15, 0.2) is 36.0 Å². The van der Waals surface area contributed by atoms with E-state index in [2.05, 4.69) is 16.5 Å². The summed E-state index contributed by atoms with van der Waals surface area (Å²) in [6.45, 7) is 1.66. The average molecular weight is 341 g/mol. The number of nitrogens with zero attached hydrogens (tertiary/aromatic N) is 2. The van der Waals surface area contributed by atoms with Gasteiger partial charge in [-0.15, -0.1) is 0 Å². The highest BCUT2D eigenvalue weighted by atomic mass is 19.1. The molecule has 1 aliphatic heterocycles. The number of hydrogen-bond acceptors (Lipinski definition) is 4. The lowest BCUT2D eigenvalue weighted by Gasteiger charge is -2.41. The van der Waals surface area contributed by atoms with Crippen LogP contribution in [0.4, 0.5) is 4.39 Å². The Hall–Kier alpha value is -2.47. The molecule has 25 heavy (non-hydrogen) atoms. The normalized spacial score (nSPS) is 21.9. The number of esters is 1. The van der Waals surface area contributed by atoms with Crippen molar-refractivity contribution in [3.63, 3.8) is 0 Å². The maximum Gasteiger partial charge on any atom is 0.306 e. The van der Waals surface area contributed by atoms with Gasteiger partial charge in [0.2, 0.25) is 0 Å². The van der Waals surface area contributed by atoms with Gasteiger partial charge >= 0.3 is 5.97 Å². The Balaban J connectivity index is 1.75. The highest BCUT2D eigenvalue weighted by Gasteiger charge is 2.42. The lowest BCUT2D eigenvalue weighted by Crippen LogP contribution is -2.46. The number of nitrogens with one attached hydrogen (secondary N) is 1. The number of carbonyl (C=O) groups excluding carboxylic acids is 1. The predicted molar refractivity (Wildman–Crippen MR) is 91.8 cm³/mol. The van der Waals surface area contributed by atoms with Crippen molar-refractivity contribution in [1.29, 1.82) is 0 Å². The molecule has 0 bridgehead atoms. The van der Waals surface area contributed by atoms with E-state index in [1.807, 2.05) is 10.9 Å². The first kappa shape index (κ1) is 16.0. The van der Waals surface area contributed by atoms with E-state index < -0.39 is 0 Å². The Labute approximate surface area is 145 Å². The molecule has 0 saturated carbocycles. The lowest BCUT2D eigenvalue weighted by molar-refractivity contribution is -0.143. The number of methoxy groups -OCH3 is 1. The molecule has 0 spiro atoms. The molecule has 2 heterocycles. The third-order valence-corrected chi connectivity index (χ3v) is 5.22. The number of halogens is 1. The zero-order valence-electron chi connectivity index (χ0n) is 14.1. The van der Waals surface area contributed by atoms with Crippen LogP contribution in [0.25, 0.3) is 11.8 Å². The molecule has 1 aromatic heterocycles. The maximum absolute atomic E-state index is 13.2. The van der Waals surface area contributed by atoms with E-state index in [-0.39, 0.29) is 17.2 Å².